The Bertz CT molecular complexity index is 337. The van der Waals surface area contributed by atoms with Crippen LogP contribution in [0.2, 0.25) is 0 Å². The molecule has 174 valence electrons. The molecule has 0 heterocycles. The van der Waals surface area contributed by atoms with Crippen LogP contribution in [0.15, 0.2) is 0 Å². The summed E-state index contributed by atoms with van der Waals surface area (Å²) in [6.07, 6.45) is 10.5. The Labute approximate surface area is 178 Å². The number of hydrogen-bond donors (Lipinski definition) is 0. The van der Waals surface area contributed by atoms with Crippen molar-refractivity contribution in [2.45, 2.75) is 91.1 Å². The van der Waals surface area contributed by atoms with Gasteiger partial charge in [0.15, 0.2) is 0 Å². The van der Waals surface area contributed by atoms with E-state index in [0.717, 1.165) is 25.9 Å². The second-order valence-corrected chi connectivity index (χ2v) is 7.41. The lowest BCUT2D eigenvalue weighted by atomic mass is 10.1. The molecular formula is C23H46O6. The molecule has 0 N–H and O–H groups in total. The molecule has 0 saturated heterocycles. The van der Waals surface area contributed by atoms with Crippen LogP contribution in [0.5, 0.6) is 0 Å². The van der Waals surface area contributed by atoms with Crippen LogP contribution in [-0.4, -0.2) is 64.9 Å². The maximum Gasteiger partial charge on any atom is 0.306 e. The van der Waals surface area contributed by atoms with Gasteiger partial charge in [0, 0.05) is 19.6 Å². The topological polar surface area (TPSA) is 63.2 Å². The molecule has 0 bridgehead atoms. The zero-order chi connectivity index (χ0) is 21.4. The van der Waals surface area contributed by atoms with Crippen molar-refractivity contribution in [2.75, 3.05) is 52.9 Å². The van der Waals surface area contributed by atoms with Gasteiger partial charge >= 0.3 is 5.97 Å². The first-order chi connectivity index (χ1) is 14.2. The summed E-state index contributed by atoms with van der Waals surface area (Å²) in [6, 6.07) is 0. The van der Waals surface area contributed by atoms with Gasteiger partial charge in [-0.2, -0.15) is 0 Å². The van der Waals surface area contributed by atoms with Crippen molar-refractivity contribution >= 4 is 5.97 Å². The summed E-state index contributed by atoms with van der Waals surface area (Å²) in [5.41, 5.74) is 0. The number of carbonyl (C=O) groups excluding carboxylic acids is 1. The van der Waals surface area contributed by atoms with E-state index in [9.17, 15) is 4.79 Å². The van der Waals surface area contributed by atoms with E-state index >= 15 is 0 Å². The lowest BCUT2D eigenvalue weighted by Crippen LogP contribution is -2.15. The number of rotatable bonds is 23. The number of unbranched alkanes of at least 4 members (excludes halogenated alkanes) is 5. The molecule has 1 unspecified atom stereocenters. The van der Waals surface area contributed by atoms with Crippen molar-refractivity contribution in [3.8, 4) is 0 Å². The van der Waals surface area contributed by atoms with Crippen molar-refractivity contribution in [2.24, 2.45) is 0 Å². The summed E-state index contributed by atoms with van der Waals surface area (Å²) >= 11 is 0. The van der Waals surface area contributed by atoms with Crippen LogP contribution in [-0.2, 0) is 28.5 Å². The van der Waals surface area contributed by atoms with Gasteiger partial charge in [-0.05, 0) is 32.6 Å². The number of hydrogen-bond acceptors (Lipinski definition) is 6. The third-order valence-electron chi connectivity index (χ3n) is 4.47. The first kappa shape index (κ1) is 28.3. The van der Waals surface area contributed by atoms with Crippen LogP contribution in [0.25, 0.3) is 0 Å². The number of ether oxygens (including phenoxy) is 5. The van der Waals surface area contributed by atoms with Gasteiger partial charge in [0.1, 0.15) is 0 Å². The fourth-order valence-electron chi connectivity index (χ4n) is 2.74. The zero-order valence-electron chi connectivity index (χ0n) is 19.3. The van der Waals surface area contributed by atoms with Crippen LogP contribution in [0, 0.1) is 0 Å². The lowest BCUT2D eigenvalue weighted by molar-refractivity contribution is -0.149. The summed E-state index contributed by atoms with van der Waals surface area (Å²) in [5.74, 6) is -0.129. The maximum absolute atomic E-state index is 11.7. The maximum atomic E-state index is 11.7. The SMILES string of the molecule is CCCCCCOCCOCCOCCOCCCC(=O)OC(C)CCCCC. The van der Waals surface area contributed by atoms with E-state index < -0.39 is 0 Å². The third-order valence-corrected chi connectivity index (χ3v) is 4.47. The Kier molecular flexibility index (Phi) is 23.0. The van der Waals surface area contributed by atoms with Gasteiger partial charge in [0.2, 0.25) is 0 Å². The largest absolute Gasteiger partial charge is 0.463 e. The Balaban J connectivity index is 3.19. The Morgan fingerprint density at radius 1 is 0.621 bits per heavy atom. The molecule has 0 aliphatic heterocycles. The predicted octanol–water partition coefficient (Wildman–Crippen LogP) is 4.93. The molecule has 0 aliphatic carbocycles. The third kappa shape index (κ3) is 23.5. The summed E-state index contributed by atoms with van der Waals surface area (Å²) in [6.45, 7) is 11.2. The van der Waals surface area contributed by atoms with Gasteiger partial charge in [-0.3, -0.25) is 4.79 Å². The van der Waals surface area contributed by atoms with E-state index in [4.69, 9.17) is 23.7 Å². The highest BCUT2D eigenvalue weighted by Crippen LogP contribution is 2.07. The molecule has 0 amide bonds. The molecule has 29 heavy (non-hydrogen) atoms. The quantitative estimate of drug-likeness (QED) is 0.173. The molecule has 6 nitrogen and oxygen atoms in total. The normalized spacial score (nSPS) is 12.2. The van der Waals surface area contributed by atoms with Crippen LogP contribution in [0.4, 0.5) is 0 Å². The summed E-state index contributed by atoms with van der Waals surface area (Å²) < 4.78 is 27.3. The van der Waals surface area contributed by atoms with E-state index in [1.807, 2.05) is 6.92 Å². The van der Waals surface area contributed by atoms with E-state index in [1.165, 1.54) is 32.1 Å². The molecule has 1 atom stereocenters. The Morgan fingerprint density at radius 3 is 1.66 bits per heavy atom. The highest BCUT2D eigenvalue weighted by atomic mass is 16.6. The van der Waals surface area contributed by atoms with Crippen LogP contribution in [0.3, 0.4) is 0 Å². The lowest BCUT2D eigenvalue weighted by Gasteiger charge is -2.13. The molecular weight excluding hydrogens is 372 g/mol. The van der Waals surface area contributed by atoms with E-state index in [-0.39, 0.29) is 12.1 Å². The first-order valence-electron chi connectivity index (χ1n) is 11.7. The fraction of sp³-hybridized carbons (Fsp3) is 0.957. The predicted molar refractivity (Wildman–Crippen MR) is 116 cm³/mol. The second-order valence-electron chi connectivity index (χ2n) is 7.41. The Hall–Kier alpha value is -0.690. The summed E-state index contributed by atoms with van der Waals surface area (Å²) in [4.78, 5) is 11.7. The van der Waals surface area contributed by atoms with Crippen molar-refractivity contribution in [3.63, 3.8) is 0 Å². The minimum Gasteiger partial charge on any atom is -0.463 e. The standard InChI is InChI=1S/C23H46O6/c1-4-6-8-10-14-25-16-18-27-20-21-28-19-17-26-15-11-13-23(24)29-22(3)12-9-7-5-2/h22H,4-21H2,1-3H3. The molecule has 0 aliphatic rings. The van der Waals surface area contributed by atoms with Gasteiger partial charge in [-0.15, -0.1) is 0 Å². The van der Waals surface area contributed by atoms with Crippen molar-refractivity contribution in [3.05, 3.63) is 0 Å². The number of carbonyl (C=O) groups is 1. The molecule has 6 heteroatoms. The Morgan fingerprint density at radius 2 is 1.10 bits per heavy atom. The summed E-state index contributed by atoms with van der Waals surface area (Å²) in [5, 5.41) is 0. The van der Waals surface area contributed by atoms with Crippen LogP contribution < -0.4 is 0 Å². The van der Waals surface area contributed by atoms with Crippen molar-refractivity contribution < 1.29 is 28.5 Å². The van der Waals surface area contributed by atoms with Gasteiger partial charge in [-0.25, -0.2) is 0 Å². The molecule has 0 rings (SSSR count). The molecule has 0 aromatic heterocycles. The molecule has 0 fully saturated rings. The fourth-order valence-corrected chi connectivity index (χ4v) is 2.74. The second kappa shape index (κ2) is 23.6. The van der Waals surface area contributed by atoms with Gasteiger partial charge in [0.25, 0.3) is 0 Å². The number of esters is 1. The van der Waals surface area contributed by atoms with Crippen LogP contribution >= 0.6 is 0 Å². The van der Waals surface area contributed by atoms with Crippen molar-refractivity contribution in [1.29, 1.82) is 0 Å². The first-order valence-corrected chi connectivity index (χ1v) is 11.7. The van der Waals surface area contributed by atoms with E-state index in [2.05, 4.69) is 13.8 Å². The summed E-state index contributed by atoms with van der Waals surface area (Å²) in [7, 11) is 0. The van der Waals surface area contributed by atoms with Crippen molar-refractivity contribution in [1.82, 2.24) is 0 Å². The monoisotopic (exact) mass is 418 g/mol. The van der Waals surface area contributed by atoms with Gasteiger partial charge < -0.3 is 23.7 Å². The van der Waals surface area contributed by atoms with Gasteiger partial charge in [0.05, 0.1) is 45.7 Å². The van der Waals surface area contributed by atoms with Gasteiger partial charge in [-0.1, -0.05) is 46.0 Å². The zero-order valence-corrected chi connectivity index (χ0v) is 19.3. The smallest absolute Gasteiger partial charge is 0.306 e. The minimum absolute atomic E-state index is 0.0166. The minimum atomic E-state index is -0.129. The van der Waals surface area contributed by atoms with Crippen LogP contribution in [0.1, 0.15) is 85.0 Å². The average Bonchev–Trinajstić information content (AvgIpc) is 2.70. The highest BCUT2D eigenvalue weighted by Gasteiger charge is 2.08. The molecule has 0 radical (unpaired) electrons. The molecule has 0 spiro atoms. The molecule has 0 aromatic carbocycles. The van der Waals surface area contributed by atoms with E-state index in [0.29, 0.717) is 59.1 Å². The highest BCUT2D eigenvalue weighted by molar-refractivity contribution is 5.69. The molecule has 0 saturated carbocycles. The molecule has 0 aromatic rings. The average molecular weight is 419 g/mol. The van der Waals surface area contributed by atoms with E-state index in [1.54, 1.807) is 0 Å².